The van der Waals surface area contributed by atoms with Gasteiger partial charge in [0.15, 0.2) is 18.0 Å². The van der Waals surface area contributed by atoms with Gasteiger partial charge in [-0.05, 0) is 56.5 Å². The van der Waals surface area contributed by atoms with Crippen molar-refractivity contribution >= 4 is 24.0 Å². The van der Waals surface area contributed by atoms with Crippen LogP contribution in [0.4, 0.5) is 4.79 Å². The summed E-state index contributed by atoms with van der Waals surface area (Å²) in [6.07, 6.45) is -11.4. The molecule has 0 radical (unpaired) electrons. The maximum absolute atomic E-state index is 14.4. The van der Waals surface area contributed by atoms with Crippen molar-refractivity contribution in [3.05, 3.63) is 82.9 Å². The molecule has 6 N–H and O–H groups in total. The largest absolute Gasteiger partial charge is 0.456 e. The fourth-order valence-electron chi connectivity index (χ4n) is 10.6. The van der Waals surface area contributed by atoms with E-state index in [2.05, 4.69) is 5.32 Å². The molecule has 2 aliphatic heterocycles. The van der Waals surface area contributed by atoms with Crippen molar-refractivity contribution in [2.45, 2.75) is 140 Å². The Balaban J connectivity index is 1.38. The molecule has 2 heterocycles. The number of hydrogen-bond donors (Lipinski definition) is 5. The molecule has 2 bridgehead atoms. The summed E-state index contributed by atoms with van der Waals surface area (Å²) in [5.74, 6) is -3.85. The average molecular weight is 851 g/mol. The molecule has 13 atom stereocenters. The first-order chi connectivity index (χ1) is 28.6. The first kappa shape index (κ1) is 44.6. The average Bonchev–Trinajstić information content (AvgIpc) is 3.62. The van der Waals surface area contributed by atoms with E-state index in [4.69, 9.17) is 38.9 Å². The number of nitrogens with two attached hydrogens (primary N) is 1. The third kappa shape index (κ3) is 7.53. The Labute approximate surface area is 355 Å². The van der Waals surface area contributed by atoms with E-state index in [1.165, 1.54) is 6.92 Å². The van der Waals surface area contributed by atoms with E-state index >= 15 is 0 Å². The van der Waals surface area contributed by atoms with Gasteiger partial charge in [-0.15, -0.1) is 0 Å². The Morgan fingerprint density at radius 2 is 1.62 bits per heavy atom. The van der Waals surface area contributed by atoms with Gasteiger partial charge in [0.25, 0.3) is 0 Å². The van der Waals surface area contributed by atoms with Crippen LogP contribution in [0.15, 0.2) is 71.8 Å². The molecule has 2 saturated heterocycles. The highest BCUT2D eigenvalue weighted by atomic mass is 16.7. The van der Waals surface area contributed by atoms with Crippen molar-refractivity contribution in [3.8, 4) is 0 Å². The van der Waals surface area contributed by atoms with E-state index in [0.29, 0.717) is 16.7 Å². The molecule has 5 aliphatic rings. The minimum atomic E-state index is -2.19. The normalized spacial score (nSPS) is 35.9. The van der Waals surface area contributed by atoms with Crippen molar-refractivity contribution in [1.82, 2.24) is 5.32 Å². The number of ether oxygens (including phenoxy) is 7. The zero-order valence-corrected chi connectivity index (χ0v) is 35.8. The summed E-state index contributed by atoms with van der Waals surface area (Å²) >= 11 is 0. The van der Waals surface area contributed by atoms with Gasteiger partial charge in [-0.25, -0.2) is 14.4 Å². The molecule has 7 rings (SSSR count). The van der Waals surface area contributed by atoms with Crippen LogP contribution in [0.3, 0.4) is 0 Å². The van der Waals surface area contributed by atoms with Gasteiger partial charge in [0.2, 0.25) is 0 Å². The van der Waals surface area contributed by atoms with Gasteiger partial charge < -0.3 is 59.5 Å². The van der Waals surface area contributed by atoms with Crippen LogP contribution in [0.5, 0.6) is 0 Å². The maximum Gasteiger partial charge on any atom is 0.408 e. The number of benzene rings is 2. The fraction of sp³-hybridized carbons (Fsp3) is 0.600. The minimum absolute atomic E-state index is 0.0113. The zero-order valence-electron chi connectivity index (χ0n) is 35.8. The van der Waals surface area contributed by atoms with Gasteiger partial charge in [0, 0.05) is 37.1 Å². The van der Waals surface area contributed by atoms with Crippen molar-refractivity contribution < 1.29 is 67.7 Å². The predicted octanol–water partition coefficient (Wildman–Crippen LogP) is 3.40. The van der Waals surface area contributed by atoms with E-state index < -0.39 is 119 Å². The molecule has 332 valence electrons. The number of aliphatic hydroxyl groups excluding tert-OH is 2. The van der Waals surface area contributed by atoms with Crippen molar-refractivity contribution in [2.24, 2.45) is 22.5 Å². The summed E-state index contributed by atoms with van der Waals surface area (Å²) in [4.78, 5) is 54.8. The number of fused-ring (bicyclic) bond motifs is 8. The van der Waals surface area contributed by atoms with Gasteiger partial charge in [-0.1, -0.05) is 69.3 Å². The fourth-order valence-corrected chi connectivity index (χ4v) is 10.6. The van der Waals surface area contributed by atoms with Crippen LogP contribution in [-0.2, 0) is 42.7 Å². The lowest BCUT2D eigenvalue weighted by Gasteiger charge is -2.68. The van der Waals surface area contributed by atoms with Gasteiger partial charge >= 0.3 is 24.0 Å². The van der Waals surface area contributed by atoms with Crippen LogP contribution < -0.4 is 11.1 Å². The van der Waals surface area contributed by atoms with E-state index in [1.807, 2.05) is 0 Å². The third-order valence-corrected chi connectivity index (χ3v) is 13.5. The second-order valence-electron chi connectivity index (χ2n) is 18.7. The highest BCUT2D eigenvalue weighted by Gasteiger charge is 2.79. The molecular formula is C45H58N2O14. The molecule has 1 unspecified atom stereocenters. The van der Waals surface area contributed by atoms with Crippen LogP contribution in [0.2, 0.25) is 0 Å². The molecule has 61 heavy (non-hydrogen) atoms. The van der Waals surface area contributed by atoms with Gasteiger partial charge in [0.05, 0.1) is 36.3 Å². The summed E-state index contributed by atoms with van der Waals surface area (Å²) in [5, 5.41) is 40.4. The van der Waals surface area contributed by atoms with Crippen LogP contribution in [0, 0.1) is 16.7 Å². The Kier molecular flexibility index (Phi) is 11.7. The highest BCUT2D eigenvalue weighted by molar-refractivity contribution is 5.89. The lowest BCUT2D eigenvalue weighted by atomic mass is 9.44. The summed E-state index contributed by atoms with van der Waals surface area (Å²) in [7, 11) is 0. The second kappa shape index (κ2) is 16.0. The number of carbonyl (C=O) groups is 4. The molecule has 4 fully saturated rings. The third-order valence-electron chi connectivity index (χ3n) is 13.5. The quantitative estimate of drug-likeness (QED) is 0.138. The Morgan fingerprint density at radius 3 is 2.20 bits per heavy atom. The summed E-state index contributed by atoms with van der Waals surface area (Å²) < 4.78 is 43.6. The number of aliphatic hydroxyl groups is 3. The van der Waals surface area contributed by atoms with E-state index in [9.17, 15) is 34.5 Å². The minimum Gasteiger partial charge on any atom is -0.456 e. The van der Waals surface area contributed by atoms with Crippen LogP contribution in [0.1, 0.15) is 90.2 Å². The maximum atomic E-state index is 14.4. The van der Waals surface area contributed by atoms with Crippen molar-refractivity contribution in [1.29, 1.82) is 0 Å². The van der Waals surface area contributed by atoms with E-state index in [0.717, 1.165) is 0 Å². The van der Waals surface area contributed by atoms with Crippen molar-refractivity contribution in [2.75, 3.05) is 13.2 Å². The summed E-state index contributed by atoms with van der Waals surface area (Å²) in [6, 6.07) is 15.2. The SMILES string of the molecule is CC(=O)O[C@@]12CO[C@@H]1C[C@H](O)[C@@]1(C)[C@@H]3OC(CN)O[C@@H]3C3=C(C)[C@@H](OC(=O)[C@H](O)[C@@H](NC(=O)OC(C)(C)C)c4ccccc4)C[C@@](O)([C@@H](OC(=O)c4ccccc4)[C@H]21)C3(C)C. The van der Waals surface area contributed by atoms with Gasteiger partial charge in [-0.2, -0.15) is 0 Å². The smallest absolute Gasteiger partial charge is 0.408 e. The molecule has 1 amide bonds. The summed E-state index contributed by atoms with van der Waals surface area (Å²) in [6.45, 7) is 13.0. The molecule has 0 aromatic heterocycles. The molecule has 16 heteroatoms. The molecule has 2 aromatic rings. The Bertz CT molecular complexity index is 2040. The Hall–Kier alpha value is -4.42. The number of carbonyl (C=O) groups excluding carboxylic acids is 4. The number of esters is 3. The van der Waals surface area contributed by atoms with Gasteiger partial charge in [-0.3, -0.25) is 4.79 Å². The lowest BCUT2D eigenvalue weighted by molar-refractivity contribution is -0.362. The zero-order chi connectivity index (χ0) is 44.4. The van der Waals surface area contributed by atoms with E-state index in [-0.39, 0.29) is 25.1 Å². The molecule has 3 aliphatic carbocycles. The van der Waals surface area contributed by atoms with Crippen LogP contribution in [0.25, 0.3) is 0 Å². The second-order valence-corrected chi connectivity index (χ2v) is 18.7. The van der Waals surface area contributed by atoms with Crippen LogP contribution in [-0.4, -0.2) is 118 Å². The highest BCUT2D eigenvalue weighted by Crippen LogP contribution is 2.66. The topological polar surface area (TPSA) is 232 Å². The first-order valence-electron chi connectivity index (χ1n) is 20.7. The van der Waals surface area contributed by atoms with Crippen molar-refractivity contribution in [3.63, 3.8) is 0 Å². The number of nitrogens with one attached hydrogen (secondary N) is 1. The predicted molar refractivity (Wildman–Crippen MR) is 215 cm³/mol. The standard InChI is InChI=1S/C45H58N2O14/c1-23-27(56-39(52)33(50)32(25-15-11-9-12-16-25)47-40(53)61-41(3,4)5)20-45(54)37(59-38(51)26-17-13-10-14-18-26)35-43(8,28(49)19-29-44(35,22-55-29)60-24(2)48)36-34(31(23)42(45,6)7)57-30(21-46)58-36/h9-18,27-30,32-37,49-50,54H,19-22,46H2,1-8H3,(H,47,53)/t27-,28-,29+,30?,32-,33+,34+,35-,36+,37-,43+,44-,45+/m0/s1. The Morgan fingerprint density at radius 1 is 0.984 bits per heavy atom. The number of hydrogen-bond acceptors (Lipinski definition) is 15. The van der Waals surface area contributed by atoms with Gasteiger partial charge in [0.1, 0.15) is 35.6 Å². The van der Waals surface area contributed by atoms with E-state index in [1.54, 1.807) is 109 Å². The summed E-state index contributed by atoms with van der Waals surface area (Å²) in [5.41, 5.74) is 0.101. The molecule has 2 aromatic carbocycles. The van der Waals surface area contributed by atoms with Crippen LogP contribution >= 0.6 is 0 Å². The first-order valence-corrected chi connectivity index (χ1v) is 20.7. The molecule has 2 saturated carbocycles. The molecular weight excluding hydrogens is 792 g/mol. The number of amides is 1. The lowest BCUT2D eigenvalue weighted by Crippen LogP contribution is -2.82. The molecule has 0 spiro atoms. The number of alkyl carbamates (subject to hydrolysis) is 1. The number of rotatable bonds is 9. The monoisotopic (exact) mass is 850 g/mol. The molecule has 16 nitrogen and oxygen atoms in total.